The Morgan fingerprint density at radius 2 is 1.42 bits per heavy atom. The molecule has 2 aromatic rings. The topological polar surface area (TPSA) is 9.23 Å². The minimum atomic E-state index is -1.56. The van der Waals surface area contributed by atoms with E-state index in [9.17, 15) is 0 Å². The maximum Gasteiger partial charge on any atom is 0.239 e. The third-order valence-electron chi connectivity index (χ3n) is 2.95. The fourth-order valence-electron chi connectivity index (χ4n) is 2.02. The second-order valence-corrected chi connectivity index (χ2v) is 6.81. The van der Waals surface area contributed by atoms with Gasteiger partial charge in [-0.1, -0.05) is 60.7 Å². The lowest BCUT2D eigenvalue weighted by Gasteiger charge is -2.17. The van der Waals surface area contributed by atoms with Gasteiger partial charge in [0.1, 0.15) is 0 Å². The Morgan fingerprint density at radius 3 is 1.89 bits per heavy atom. The van der Waals surface area contributed by atoms with Crippen LogP contribution in [0.5, 0.6) is 0 Å². The zero-order valence-electron chi connectivity index (χ0n) is 11.0. The van der Waals surface area contributed by atoms with Crippen molar-refractivity contribution in [2.45, 2.75) is 12.8 Å². The predicted molar refractivity (Wildman–Crippen MR) is 83.3 cm³/mol. The Kier molecular flexibility index (Phi) is 5.43. The molecule has 0 bridgehead atoms. The largest absolute Gasteiger partial charge is 0.411 e. The van der Waals surface area contributed by atoms with Crippen LogP contribution >= 0.6 is 0 Å². The molecule has 2 rings (SSSR count). The summed E-state index contributed by atoms with van der Waals surface area (Å²) < 4.78 is 6.16. The summed E-state index contributed by atoms with van der Waals surface area (Å²) in [5.41, 5.74) is 0. The smallest absolute Gasteiger partial charge is 0.239 e. The van der Waals surface area contributed by atoms with E-state index >= 15 is 0 Å². The minimum Gasteiger partial charge on any atom is -0.411 e. The molecular weight excluding hydrogens is 248 g/mol. The first-order valence-electron chi connectivity index (χ1n) is 6.57. The molecule has 0 amide bonds. The number of unbranched alkanes of at least 4 members (excludes halogenated alkanes) is 1. The molecule has 0 saturated carbocycles. The van der Waals surface area contributed by atoms with E-state index in [1.807, 2.05) is 12.1 Å². The second kappa shape index (κ2) is 7.58. The lowest BCUT2D eigenvalue weighted by atomic mass is 10.3. The third kappa shape index (κ3) is 4.10. The molecule has 2 heteroatoms. The Balaban J connectivity index is 2.13. The van der Waals surface area contributed by atoms with Gasteiger partial charge in [0.05, 0.1) is 0 Å². The average molecular weight is 266 g/mol. The summed E-state index contributed by atoms with van der Waals surface area (Å²) in [5.74, 6) is 2.66. The Labute approximate surface area is 117 Å². The first kappa shape index (κ1) is 13.6. The van der Waals surface area contributed by atoms with Gasteiger partial charge in [0.25, 0.3) is 0 Å². The summed E-state index contributed by atoms with van der Waals surface area (Å²) in [6.07, 6.45) is 6.99. The van der Waals surface area contributed by atoms with Crippen molar-refractivity contribution in [3.63, 3.8) is 0 Å². The Hall–Kier alpha value is -1.82. The molecule has 0 radical (unpaired) electrons. The van der Waals surface area contributed by atoms with Crippen LogP contribution in [0.1, 0.15) is 12.8 Å². The molecule has 0 unspecified atom stereocenters. The van der Waals surface area contributed by atoms with Crippen molar-refractivity contribution in [3.05, 3.63) is 60.7 Å². The summed E-state index contributed by atoms with van der Waals surface area (Å²) in [6, 6.07) is 21.0. The van der Waals surface area contributed by atoms with E-state index in [4.69, 9.17) is 10.8 Å². The summed E-state index contributed by atoms with van der Waals surface area (Å²) in [6.45, 7) is 0.741. The standard InChI is InChI=1S/C17H18OSi/c1-2-3-10-15-18-19(16-11-6-4-7-12-16)17-13-8-5-9-14-17/h1,4-9,11-14,19H,3,10,15H2. The van der Waals surface area contributed by atoms with E-state index in [2.05, 4.69) is 54.5 Å². The zero-order chi connectivity index (χ0) is 13.3. The van der Waals surface area contributed by atoms with Crippen LogP contribution in [0.15, 0.2) is 60.7 Å². The molecule has 0 aromatic heterocycles. The first-order chi connectivity index (χ1) is 9.42. The lowest BCUT2D eigenvalue weighted by molar-refractivity contribution is 0.328. The zero-order valence-corrected chi connectivity index (χ0v) is 12.1. The minimum absolute atomic E-state index is 0.741. The first-order valence-corrected chi connectivity index (χ1v) is 8.19. The van der Waals surface area contributed by atoms with Gasteiger partial charge in [0.2, 0.25) is 9.04 Å². The highest BCUT2D eigenvalue weighted by molar-refractivity contribution is 6.80. The summed E-state index contributed by atoms with van der Waals surface area (Å²) in [5, 5.41) is 2.63. The van der Waals surface area contributed by atoms with E-state index in [1.165, 1.54) is 10.4 Å². The number of hydrogen-bond acceptors (Lipinski definition) is 1. The van der Waals surface area contributed by atoms with Gasteiger partial charge >= 0.3 is 0 Å². The van der Waals surface area contributed by atoms with Crippen molar-refractivity contribution in [1.82, 2.24) is 0 Å². The van der Waals surface area contributed by atoms with Gasteiger partial charge in [-0.2, -0.15) is 0 Å². The van der Waals surface area contributed by atoms with Gasteiger partial charge < -0.3 is 4.43 Å². The van der Waals surface area contributed by atoms with E-state index in [0.29, 0.717) is 0 Å². The molecule has 19 heavy (non-hydrogen) atoms. The van der Waals surface area contributed by atoms with Crippen molar-refractivity contribution < 1.29 is 4.43 Å². The SMILES string of the molecule is C#CCCCO[SiH](c1ccccc1)c1ccccc1. The molecule has 2 aromatic carbocycles. The highest BCUT2D eigenvalue weighted by Crippen LogP contribution is 1.97. The van der Waals surface area contributed by atoms with E-state index in [-0.39, 0.29) is 0 Å². The summed E-state index contributed by atoms with van der Waals surface area (Å²) in [7, 11) is -1.56. The highest BCUT2D eigenvalue weighted by Gasteiger charge is 2.16. The fraction of sp³-hybridized carbons (Fsp3) is 0.176. The number of terminal acetylenes is 1. The van der Waals surface area contributed by atoms with Crippen LogP contribution in [-0.2, 0) is 4.43 Å². The maximum atomic E-state index is 6.16. The molecule has 0 fully saturated rings. The summed E-state index contributed by atoms with van der Waals surface area (Å²) in [4.78, 5) is 0. The van der Waals surface area contributed by atoms with Gasteiger partial charge in [-0.15, -0.1) is 12.3 Å². The van der Waals surface area contributed by atoms with Gasteiger partial charge in [-0.3, -0.25) is 0 Å². The number of hydrogen-bond donors (Lipinski definition) is 0. The van der Waals surface area contributed by atoms with Crippen molar-refractivity contribution in [2.24, 2.45) is 0 Å². The monoisotopic (exact) mass is 266 g/mol. The Bertz CT molecular complexity index is 476. The molecule has 0 N–H and O–H groups in total. The molecule has 0 saturated heterocycles. The van der Waals surface area contributed by atoms with Crippen LogP contribution in [0, 0.1) is 12.3 Å². The van der Waals surface area contributed by atoms with Crippen LogP contribution in [0.4, 0.5) is 0 Å². The lowest BCUT2D eigenvalue weighted by Crippen LogP contribution is -2.45. The molecule has 1 nitrogen and oxygen atoms in total. The van der Waals surface area contributed by atoms with E-state index in [1.54, 1.807) is 0 Å². The van der Waals surface area contributed by atoms with E-state index < -0.39 is 9.04 Å². The van der Waals surface area contributed by atoms with E-state index in [0.717, 1.165) is 19.4 Å². The molecule has 0 heterocycles. The average Bonchev–Trinajstić information content (AvgIpc) is 2.49. The number of rotatable bonds is 6. The van der Waals surface area contributed by atoms with Crippen molar-refractivity contribution in [3.8, 4) is 12.3 Å². The van der Waals surface area contributed by atoms with Gasteiger partial charge in [-0.05, 0) is 16.8 Å². The predicted octanol–water partition coefficient (Wildman–Crippen LogP) is 1.95. The maximum absolute atomic E-state index is 6.16. The molecule has 0 aliphatic rings. The van der Waals surface area contributed by atoms with Crippen LogP contribution in [0.25, 0.3) is 0 Å². The van der Waals surface area contributed by atoms with Crippen LogP contribution < -0.4 is 10.4 Å². The molecule has 96 valence electrons. The van der Waals surface area contributed by atoms with Crippen LogP contribution in [-0.4, -0.2) is 15.6 Å². The summed E-state index contributed by atoms with van der Waals surface area (Å²) >= 11 is 0. The van der Waals surface area contributed by atoms with Crippen molar-refractivity contribution in [2.75, 3.05) is 6.61 Å². The second-order valence-electron chi connectivity index (χ2n) is 4.38. The molecule has 0 aliphatic carbocycles. The molecule has 0 aliphatic heterocycles. The van der Waals surface area contributed by atoms with Gasteiger partial charge in [0, 0.05) is 13.0 Å². The highest BCUT2D eigenvalue weighted by atomic mass is 28.3. The molecule has 0 atom stereocenters. The van der Waals surface area contributed by atoms with Crippen molar-refractivity contribution >= 4 is 19.4 Å². The van der Waals surface area contributed by atoms with Gasteiger partial charge in [0.15, 0.2) is 0 Å². The fourth-order valence-corrected chi connectivity index (χ4v) is 4.33. The third-order valence-corrected chi connectivity index (χ3v) is 5.50. The van der Waals surface area contributed by atoms with Gasteiger partial charge in [-0.25, -0.2) is 0 Å². The normalized spacial score (nSPS) is 10.3. The van der Waals surface area contributed by atoms with Crippen LogP contribution in [0.3, 0.4) is 0 Å². The molecule has 0 spiro atoms. The quantitative estimate of drug-likeness (QED) is 0.441. The number of benzene rings is 2. The Morgan fingerprint density at radius 1 is 0.895 bits per heavy atom. The van der Waals surface area contributed by atoms with Crippen molar-refractivity contribution in [1.29, 1.82) is 0 Å². The molecular formula is C17H18OSi. The van der Waals surface area contributed by atoms with Crippen LogP contribution in [0.2, 0.25) is 0 Å².